The number of anilines is 1. The van der Waals surface area contributed by atoms with Gasteiger partial charge in [0.2, 0.25) is 0 Å². The van der Waals surface area contributed by atoms with Crippen molar-refractivity contribution in [3.8, 4) is 0 Å². The van der Waals surface area contributed by atoms with E-state index in [9.17, 15) is 4.79 Å². The van der Waals surface area contributed by atoms with Crippen molar-refractivity contribution in [3.63, 3.8) is 0 Å². The molecule has 2 N–H and O–H groups in total. The van der Waals surface area contributed by atoms with Crippen LogP contribution in [0.2, 0.25) is 0 Å². The molecule has 0 bridgehead atoms. The minimum absolute atomic E-state index is 0.302. The summed E-state index contributed by atoms with van der Waals surface area (Å²) in [6.45, 7) is 4.56. The fraction of sp³-hybridized carbons (Fsp3) is 0.562. The van der Waals surface area contributed by atoms with Crippen LogP contribution in [0.3, 0.4) is 0 Å². The van der Waals surface area contributed by atoms with Gasteiger partial charge >= 0.3 is 5.97 Å². The SMILES string of the molecule is CCCCCCCCOC(=O)c1c(C)cccc1N. The Morgan fingerprint density at radius 2 is 1.84 bits per heavy atom. The number of nitrogen functional groups attached to an aromatic ring is 1. The van der Waals surface area contributed by atoms with Crippen LogP contribution in [0.1, 0.15) is 61.4 Å². The first-order valence-electron chi connectivity index (χ1n) is 7.19. The van der Waals surface area contributed by atoms with E-state index in [0.717, 1.165) is 18.4 Å². The van der Waals surface area contributed by atoms with Gasteiger partial charge in [-0.1, -0.05) is 51.2 Å². The molecule has 0 saturated carbocycles. The van der Waals surface area contributed by atoms with Crippen LogP contribution in [-0.4, -0.2) is 12.6 Å². The molecule has 0 spiro atoms. The molecule has 19 heavy (non-hydrogen) atoms. The van der Waals surface area contributed by atoms with E-state index < -0.39 is 0 Å². The van der Waals surface area contributed by atoms with Gasteiger partial charge in [-0.3, -0.25) is 0 Å². The summed E-state index contributed by atoms with van der Waals surface area (Å²) in [5.74, 6) is -0.302. The van der Waals surface area contributed by atoms with Gasteiger partial charge in [0.25, 0.3) is 0 Å². The Labute approximate surface area is 116 Å². The number of unbranched alkanes of at least 4 members (excludes halogenated alkanes) is 5. The maximum absolute atomic E-state index is 11.9. The van der Waals surface area contributed by atoms with E-state index in [2.05, 4.69) is 6.92 Å². The van der Waals surface area contributed by atoms with Crippen molar-refractivity contribution in [1.82, 2.24) is 0 Å². The van der Waals surface area contributed by atoms with Gasteiger partial charge in [-0.2, -0.15) is 0 Å². The Balaban J connectivity index is 2.28. The molecule has 0 aliphatic rings. The molecular formula is C16H25NO2. The molecule has 0 heterocycles. The Hall–Kier alpha value is -1.51. The highest BCUT2D eigenvalue weighted by atomic mass is 16.5. The summed E-state index contributed by atoms with van der Waals surface area (Å²) in [6, 6.07) is 5.45. The number of carbonyl (C=O) groups is 1. The molecule has 1 rings (SSSR count). The average molecular weight is 263 g/mol. The van der Waals surface area contributed by atoms with Gasteiger partial charge < -0.3 is 10.5 Å². The zero-order valence-corrected chi connectivity index (χ0v) is 12.1. The minimum atomic E-state index is -0.302. The molecule has 1 aromatic rings. The topological polar surface area (TPSA) is 52.3 Å². The van der Waals surface area contributed by atoms with E-state index in [-0.39, 0.29) is 5.97 Å². The van der Waals surface area contributed by atoms with E-state index in [1.807, 2.05) is 19.1 Å². The third-order valence-electron chi connectivity index (χ3n) is 3.24. The molecule has 0 aromatic heterocycles. The lowest BCUT2D eigenvalue weighted by atomic mass is 10.1. The molecule has 0 fully saturated rings. The van der Waals surface area contributed by atoms with Crippen molar-refractivity contribution in [2.45, 2.75) is 52.4 Å². The lowest BCUT2D eigenvalue weighted by molar-refractivity contribution is 0.0498. The van der Waals surface area contributed by atoms with Crippen LogP contribution >= 0.6 is 0 Å². The molecule has 0 amide bonds. The number of carbonyl (C=O) groups excluding carboxylic acids is 1. The quantitative estimate of drug-likeness (QED) is 0.436. The summed E-state index contributed by atoms with van der Waals surface area (Å²) in [5.41, 5.74) is 7.68. The van der Waals surface area contributed by atoms with Crippen molar-refractivity contribution in [2.75, 3.05) is 12.3 Å². The van der Waals surface area contributed by atoms with Crippen molar-refractivity contribution in [2.24, 2.45) is 0 Å². The number of rotatable bonds is 8. The van der Waals surface area contributed by atoms with Crippen LogP contribution in [0, 0.1) is 6.92 Å². The predicted molar refractivity (Wildman–Crippen MR) is 79.2 cm³/mol. The lowest BCUT2D eigenvalue weighted by Crippen LogP contribution is -2.11. The molecule has 3 nitrogen and oxygen atoms in total. The zero-order chi connectivity index (χ0) is 14.1. The lowest BCUT2D eigenvalue weighted by Gasteiger charge is -2.09. The first kappa shape index (κ1) is 15.5. The Kier molecular flexibility index (Phi) is 7.01. The standard InChI is InChI=1S/C16H25NO2/c1-3-4-5-6-7-8-12-19-16(18)15-13(2)10-9-11-14(15)17/h9-11H,3-8,12,17H2,1-2H3. The normalized spacial score (nSPS) is 10.4. The highest BCUT2D eigenvalue weighted by molar-refractivity contribution is 5.96. The van der Waals surface area contributed by atoms with Crippen LogP contribution in [0.4, 0.5) is 5.69 Å². The summed E-state index contributed by atoms with van der Waals surface area (Å²) in [5, 5.41) is 0. The predicted octanol–water partition coefficient (Wildman–Crippen LogP) is 4.09. The Morgan fingerprint density at radius 1 is 1.16 bits per heavy atom. The smallest absolute Gasteiger partial charge is 0.340 e. The molecular weight excluding hydrogens is 238 g/mol. The third-order valence-corrected chi connectivity index (χ3v) is 3.24. The van der Waals surface area contributed by atoms with Gasteiger partial charge in [-0.05, 0) is 25.0 Å². The van der Waals surface area contributed by atoms with Crippen LogP contribution in [-0.2, 0) is 4.74 Å². The highest BCUT2D eigenvalue weighted by Crippen LogP contribution is 2.17. The fourth-order valence-electron chi connectivity index (χ4n) is 2.09. The number of benzene rings is 1. The number of nitrogens with two attached hydrogens (primary N) is 1. The van der Waals surface area contributed by atoms with E-state index in [0.29, 0.717) is 17.9 Å². The number of esters is 1. The van der Waals surface area contributed by atoms with Crippen LogP contribution in [0.25, 0.3) is 0 Å². The molecule has 3 heteroatoms. The molecule has 0 radical (unpaired) electrons. The summed E-state index contributed by atoms with van der Waals surface area (Å²) in [6.07, 6.45) is 7.09. The summed E-state index contributed by atoms with van der Waals surface area (Å²) >= 11 is 0. The molecule has 106 valence electrons. The zero-order valence-electron chi connectivity index (χ0n) is 12.1. The monoisotopic (exact) mass is 263 g/mol. The van der Waals surface area contributed by atoms with Crippen LogP contribution in [0.15, 0.2) is 18.2 Å². The summed E-state index contributed by atoms with van der Waals surface area (Å²) in [7, 11) is 0. The number of hydrogen-bond acceptors (Lipinski definition) is 3. The van der Waals surface area contributed by atoms with Gasteiger partial charge in [-0.15, -0.1) is 0 Å². The highest BCUT2D eigenvalue weighted by Gasteiger charge is 2.13. The van der Waals surface area contributed by atoms with Gasteiger partial charge in [0, 0.05) is 5.69 Å². The largest absolute Gasteiger partial charge is 0.462 e. The number of hydrogen-bond donors (Lipinski definition) is 1. The number of aryl methyl sites for hydroxylation is 1. The minimum Gasteiger partial charge on any atom is -0.462 e. The van der Waals surface area contributed by atoms with Crippen molar-refractivity contribution >= 4 is 11.7 Å². The molecule has 0 atom stereocenters. The molecule has 0 saturated heterocycles. The second kappa shape index (κ2) is 8.57. The maximum Gasteiger partial charge on any atom is 0.340 e. The van der Waals surface area contributed by atoms with Crippen molar-refractivity contribution in [3.05, 3.63) is 29.3 Å². The fourth-order valence-corrected chi connectivity index (χ4v) is 2.09. The maximum atomic E-state index is 11.9. The first-order valence-corrected chi connectivity index (χ1v) is 7.19. The van der Waals surface area contributed by atoms with Crippen molar-refractivity contribution in [1.29, 1.82) is 0 Å². The number of ether oxygens (including phenoxy) is 1. The molecule has 0 aliphatic carbocycles. The van der Waals surface area contributed by atoms with Crippen LogP contribution < -0.4 is 5.73 Å². The summed E-state index contributed by atoms with van der Waals surface area (Å²) < 4.78 is 5.28. The van der Waals surface area contributed by atoms with E-state index >= 15 is 0 Å². The van der Waals surface area contributed by atoms with Gasteiger partial charge in [0.1, 0.15) is 0 Å². The van der Waals surface area contributed by atoms with Crippen LogP contribution in [0.5, 0.6) is 0 Å². The first-order chi connectivity index (χ1) is 9.16. The van der Waals surface area contributed by atoms with Gasteiger partial charge in [-0.25, -0.2) is 4.79 Å². The average Bonchev–Trinajstić information content (AvgIpc) is 2.37. The Bertz CT molecular complexity index is 381. The van der Waals surface area contributed by atoms with E-state index in [1.54, 1.807) is 6.07 Å². The third kappa shape index (κ3) is 5.33. The Morgan fingerprint density at radius 3 is 2.53 bits per heavy atom. The second-order valence-electron chi connectivity index (χ2n) is 4.94. The molecule has 0 unspecified atom stereocenters. The van der Waals surface area contributed by atoms with Gasteiger partial charge in [0.05, 0.1) is 12.2 Å². The van der Waals surface area contributed by atoms with Crippen molar-refractivity contribution < 1.29 is 9.53 Å². The van der Waals surface area contributed by atoms with E-state index in [1.165, 1.54) is 25.7 Å². The van der Waals surface area contributed by atoms with Gasteiger partial charge in [0.15, 0.2) is 0 Å². The second-order valence-corrected chi connectivity index (χ2v) is 4.94. The molecule has 0 aliphatic heterocycles. The van der Waals surface area contributed by atoms with E-state index in [4.69, 9.17) is 10.5 Å². The molecule has 1 aromatic carbocycles. The summed E-state index contributed by atoms with van der Waals surface area (Å²) in [4.78, 5) is 11.9.